The van der Waals surface area contributed by atoms with Gasteiger partial charge in [-0.05, 0) is 62.8 Å². The fraction of sp³-hybridized carbons (Fsp3) is 0.556. The van der Waals surface area contributed by atoms with Gasteiger partial charge in [-0.25, -0.2) is 4.79 Å². The van der Waals surface area contributed by atoms with Gasteiger partial charge in [0.05, 0.1) is 11.6 Å². The zero-order chi connectivity index (χ0) is 16.9. The molecule has 0 spiro atoms. The van der Waals surface area contributed by atoms with Crippen molar-refractivity contribution in [1.29, 1.82) is 5.26 Å². The zero-order valence-corrected chi connectivity index (χ0v) is 14.1. The lowest BCUT2D eigenvalue weighted by molar-refractivity contribution is 0.0528. The largest absolute Gasteiger partial charge is 0.444 e. The number of alkyl carbamates (subject to hydrolysis) is 1. The molecule has 2 N–H and O–H groups in total. The van der Waals surface area contributed by atoms with Gasteiger partial charge in [0.25, 0.3) is 0 Å². The molecule has 2 rings (SSSR count). The summed E-state index contributed by atoms with van der Waals surface area (Å²) in [6.07, 6.45) is 1.76. The Balaban J connectivity index is 1.69. The lowest BCUT2D eigenvalue weighted by Crippen LogP contribution is -2.37. The Kier molecular flexibility index (Phi) is 5.62. The van der Waals surface area contributed by atoms with E-state index in [0.717, 1.165) is 24.9 Å². The number of carbonyl (C=O) groups excluding carboxylic acids is 1. The Morgan fingerprint density at radius 3 is 2.87 bits per heavy atom. The summed E-state index contributed by atoms with van der Waals surface area (Å²) in [5.74, 6) is 0.485. The van der Waals surface area contributed by atoms with E-state index in [4.69, 9.17) is 10.00 Å². The van der Waals surface area contributed by atoms with Gasteiger partial charge < -0.3 is 15.4 Å². The smallest absolute Gasteiger partial charge is 0.407 e. The third kappa shape index (κ3) is 5.26. The van der Waals surface area contributed by atoms with Crippen LogP contribution in [0.25, 0.3) is 0 Å². The molecule has 0 fully saturated rings. The molecule has 23 heavy (non-hydrogen) atoms. The summed E-state index contributed by atoms with van der Waals surface area (Å²) < 4.78 is 5.18. The average Bonchev–Trinajstić information content (AvgIpc) is 2.87. The predicted molar refractivity (Wildman–Crippen MR) is 89.3 cm³/mol. The van der Waals surface area contributed by atoms with Crippen LogP contribution in [0.15, 0.2) is 18.2 Å². The standard InChI is InChI=1S/C18H25N3O2/c1-18(2,3)23-17(22)21-9-8-20-12-15-6-5-14-10-13(11-19)4-7-16(14)15/h4,7,10,15,20H,5-6,8-9,12H2,1-3H3,(H,21,22). The van der Waals surface area contributed by atoms with E-state index in [1.807, 2.05) is 32.9 Å². The maximum Gasteiger partial charge on any atom is 0.407 e. The molecule has 0 saturated heterocycles. The number of rotatable bonds is 5. The Labute approximate surface area is 138 Å². The number of fused-ring (bicyclic) bond motifs is 1. The molecule has 1 aliphatic carbocycles. The highest BCUT2D eigenvalue weighted by atomic mass is 16.6. The fourth-order valence-electron chi connectivity index (χ4n) is 2.83. The van der Waals surface area contributed by atoms with Crippen molar-refractivity contribution in [3.8, 4) is 6.07 Å². The van der Waals surface area contributed by atoms with Crippen LogP contribution in [-0.4, -0.2) is 31.3 Å². The Morgan fingerprint density at radius 1 is 1.39 bits per heavy atom. The van der Waals surface area contributed by atoms with E-state index in [0.29, 0.717) is 19.0 Å². The van der Waals surface area contributed by atoms with Crippen LogP contribution in [0.5, 0.6) is 0 Å². The number of benzene rings is 1. The Bertz CT molecular complexity index is 599. The molecule has 1 aromatic rings. The molecule has 1 atom stereocenters. The predicted octanol–water partition coefficient (Wildman–Crippen LogP) is 2.70. The topological polar surface area (TPSA) is 74.2 Å². The molecule has 124 valence electrons. The highest BCUT2D eigenvalue weighted by Gasteiger charge is 2.22. The van der Waals surface area contributed by atoms with Gasteiger partial charge in [-0.15, -0.1) is 0 Å². The van der Waals surface area contributed by atoms with Crippen LogP contribution in [0.1, 0.15) is 49.8 Å². The normalized spacial score (nSPS) is 16.5. The van der Waals surface area contributed by atoms with Crippen LogP contribution >= 0.6 is 0 Å². The molecule has 5 nitrogen and oxygen atoms in total. The van der Waals surface area contributed by atoms with Crippen molar-refractivity contribution in [3.63, 3.8) is 0 Å². The summed E-state index contributed by atoms with van der Waals surface area (Å²) in [5.41, 5.74) is 2.91. The molecule has 0 bridgehead atoms. The second kappa shape index (κ2) is 7.47. The van der Waals surface area contributed by atoms with Crippen LogP contribution in [0.4, 0.5) is 4.79 Å². The summed E-state index contributed by atoms with van der Waals surface area (Å²) >= 11 is 0. The van der Waals surface area contributed by atoms with Gasteiger partial charge in [-0.2, -0.15) is 5.26 Å². The number of nitrogens with zero attached hydrogens (tertiary/aromatic N) is 1. The molecule has 0 aliphatic heterocycles. The summed E-state index contributed by atoms with van der Waals surface area (Å²) in [4.78, 5) is 11.5. The van der Waals surface area contributed by atoms with Gasteiger partial charge in [-0.1, -0.05) is 6.07 Å². The first-order valence-corrected chi connectivity index (χ1v) is 8.09. The molecule has 1 unspecified atom stereocenters. The Hall–Kier alpha value is -2.06. The van der Waals surface area contributed by atoms with E-state index in [1.165, 1.54) is 11.1 Å². The second-order valence-corrected chi connectivity index (χ2v) is 6.89. The van der Waals surface area contributed by atoms with Crippen LogP contribution < -0.4 is 10.6 Å². The van der Waals surface area contributed by atoms with Gasteiger partial charge in [-0.3, -0.25) is 0 Å². The molecule has 0 heterocycles. The molecule has 1 amide bonds. The number of hydrogen-bond acceptors (Lipinski definition) is 4. The monoisotopic (exact) mass is 315 g/mol. The van der Waals surface area contributed by atoms with Crippen molar-refractivity contribution in [3.05, 3.63) is 34.9 Å². The van der Waals surface area contributed by atoms with Crippen LogP contribution in [-0.2, 0) is 11.2 Å². The first-order chi connectivity index (χ1) is 10.9. The number of aryl methyl sites for hydroxylation is 1. The summed E-state index contributed by atoms with van der Waals surface area (Å²) in [6, 6.07) is 8.16. The van der Waals surface area contributed by atoms with Crippen molar-refractivity contribution in [1.82, 2.24) is 10.6 Å². The first kappa shape index (κ1) is 17.3. The summed E-state index contributed by atoms with van der Waals surface area (Å²) in [6.45, 7) is 7.68. The van der Waals surface area contributed by atoms with Gasteiger partial charge in [0.15, 0.2) is 0 Å². The van der Waals surface area contributed by atoms with E-state index in [-0.39, 0.29) is 6.09 Å². The number of carbonyl (C=O) groups is 1. The first-order valence-electron chi connectivity index (χ1n) is 8.09. The molecule has 1 aromatic carbocycles. The number of amides is 1. The molecule has 1 aliphatic rings. The van der Waals surface area contributed by atoms with E-state index in [2.05, 4.69) is 22.8 Å². The van der Waals surface area contributed by atoms with E-state index in [1.54, 1.807) is 0 Å². The minimum Gasteiger partial charge on any atom is -0.444 e. The zero-order valence-electron chi connectivity index (χ0n) is 14.1. The van der Waals surface area contributed by atoms with Crippen molar-refractivity contribution >= 4 is 6.09 Å². The van der Waals surface area contributed by atoms with Gasteiger partial charge >= 0.3 is 6.09 Å². The molecule has 5 heteroatoms. The lowest BCUT2D eigenvalue weighted by atomic mass is 10.00. The quantitative estimate of drug-likeness (QED) is 0.819. The number of ether oxygens (including phenoxy) is 1. The maximum absolute atomic E-state index is 11.5. The molecule has 0 aromatic heterocycles. The number of nitriles is 1. The average molecular weight is 315 g/mol. The Morgan fingerprint density at radius 2 is 2.17 bits per heavy atom. The minimum absolute atomic E-state index is 0.380. The molecule has 0 radical (unpaired) electrons. The third-order valence-corrected chi connectivity index (χ3v) is 3.83. The molecular formula is C18H25N3O2. The lowest BCUT2D eigenvalue weighted by Gasteiger charge is -2.20. The third-order valence-electron chi connectivity index (χ3n) is 3.83. The van der Waals surface area contributed by atoms with E-state index < -0.39 is 5.60 Å². The van der Waals surface area contributed by atoms with Crippen molar-refractivity contribution in [2.45, 2.75) is 45.1 Å². The maximum atomic E-state index is 11.5. The fourth-order valence-corrected chi connectivity index (χ4v) is 2.83. The van der Waals surface area contributed by atoms with Crippen molar-refractivity contribution in [2.24, 2.45) is 0 Å². The van der Waals surface area contributed by atoms with Crippen LogP contribution in [0, 0.1) is 11.3 Å². The summed E-state index contributed by atoms with van der Waals surface area (Å²) in [7, 11) is 0. The van der Waals surface area contributed by atoms with Crippen molar-refractivity contribution in [2.75, 3.05) is 19.6 Å². The number of nitrogens with one attached hydrogen (secondary N) is 2. The minimum atomic E-state index is -0.465. The van der Waals surface area contributed by atoms with E-state index >= 15 is 0 Å². The SMILES string of the molecule is CC(C)(C)OC(=O)NCCNCC1CCc2cc(C#N)ccc21. The van der Waals surface area contributed by atoms with Gasteiger partial charge in [0, 0.05) is 19.6 Å². The second-order valence-electron chi connectivity index (χ2n) is 6.89. The van der Waals surface area contributed by atoms with Crippen molar-refractivity contribution < 1.29 is 9.53 Å². The van der Waals surface area contributed by atoms with Crippen LogP contribution in [0.3, 0.4) is 0 Å². The highest BCUT2D eigenvalue weighted by molar-refractivity contribution is 5.67. The number of hydrogen-bond donors (Lipinski definition) is 2. The van der Waals surface area contributed by atoms with Gasteiger partial charge in [0.1, 0.15) is 5.60 Å². The van der Waals surface area contributed by atoms with Gasteiger partial charge in [0.2, 0.25) is 0 Å². The molecular weight excluding hydrogens is 290 g/mol. The summed E-state index contributed by atoms with van der Waals surface area (Å²) in [5, 5.41) is 15.1. The highest BCUT2D eigenvalue weighted by Crippen LogP contribution is 2.32. The molecule has 0 saturated carbocycles. The van der Waals surface area contributed by atoms with E-state index in [9.17, 15) is 4.79 Å². The van der Waals surface area contributed by atoms with Crippen LogP contribution in [0.2, 0.25) is 0 Å².